The molecule has 4 nitrogen and oxygen atoms in total. The zero-order chi connectivity index (χ0) is 21.1. The van der Waals surface area contributed by atoms with Gasteiger partial charge in [-0.2, -0.15) is 0 Å². The first-order valence-electron chi connectivity index (χ1n) is 10.6. The van der Waals surface area contributed by atoms with Crippen LogP contribution in [0.3, 0.4) is 0 Å². The molecule has 3 aliphatic rings. The highest BCUT2D eigenvalue weighted by atomic mass is 16.3. The SMILES string of the molecule is Cc1ccc([C@@H]2C3=C(C[C@H](c4ccco4)CC3=O)NC3=C2C(=O)c2ccccc23)cc1. The maximum Gasteiger partial charge on any atom is 0.192 e. The molecule has 2 atom stereocenters. The van der Waals surface area contributed by atoms with Crippen molar-refractivity contribution in [2.45, 2.75) is 31.6 Å². The first kappa shape index (κ1) is 18.1. The topological polar surface area (TPSA) is 59.3 Å². The van der Waals surface area contributed by atoms with E-state index in [0.29, 0.717) is 24.0 Å². The summed E-state index contributed by atoms with van der Waals surface area (Å²) in [7, 11) is 0. The Labute approximate surface area is 180 Å². The Morgan fingerprint density at radius 2 is 1.65 bits per heavy atom. The summed E-state index contributed by atoms with van der Waals surface area (Å²) in [6.07, 6.45) is 2.73. The van der Waals surface area contributed by atoms with Crippen LogP contribution in [0.15, 0.2) is 88.2 Å². The number of ketones is 2. The van der Waals surface area contributed by atoms with Gasteiger partial charge >= 0.3 is 0 Å². The highest BCUT2D eigenvalue weighted by molar-refractivity contribution is 6.23. The van der Waals surface area contributed by atoms with Crippen LogP contribution >= 0.6 is 0 Å². The van der Waals surface area contributed by atoms with Gasteiger partial charge in [0.05, 0.1) is 12.0 Å². The Kier molecular flexibility index (Phi) is 3.90. The van der Waals surface area contributed by atoms with Gasteiger partial charge in [-0.1, -0.05) is 54.1 Å². The van der Waals surface area contributed by atoms with Crippen LogP contribution < -0.4 is 5.32 Å². The first-order valence-corrected chi connectivity index (χ1v) is 10.6. The quantitative estimate of drug-likeness (QED) is 0.628. The van der Waals surface area contributed by atoms with Crippen molar-refractivity contribution in [2.75, 3.05) is 0 Å². The zero-order valence-electron chi connectivity index (χ0n) is 17.1. The van der Waals surface area contributed by atoms with Gasteiger partial charge in [0.1, 0.15) is 5.76 Å². The Balaban J connectivity index is 1.53. The third-order valence-corrected chi connectivity index (χ3v) is 6.67. The number of hydrogen-bond acceptors (Lipinski definition) is 4. The summed E-state index contributed by atoms with van der Waals surface area (Å²) in [6.45, 7) is 2.04. The number of furan rings is 1. The summed E-state index contributed by atoms with van der Waals surface area (Å²) in [4.78, 5) is 26.9. The van der Waals surface area contributed by atoms with E-state index in [-0.39, 0.29) is 23.4 Å². The third kappa shape index (κ3) is 2.68. The lowest BCUT2D eigenvalue weighted by Crippen LogP contribution is -2.33. The van der Waals surface area contributed by atoms with Gasteiger partial charge in [0.2, 0.25) is 0 Å². The maximum atomic E-state index is 13.5. The number of Topliss-reactive ketones (excluding diaryl/α,β-unsaturated/α-hetero) is 2. The second-order valence-electron chi connectivity index (χ2n) is 8.57. The minimum atomic E-state index is -0.350. The fourth-order valence-corrected chi connectivity index (χ4v) is 5.21. The van der Waals surface area contributed by atoms with Crippen molar-refractivity contribution in [1.29, 1.82) is 0 Å². The van der Waals surface area contributed by atoms with Crippen molar-refractivity contribution in [3.05, 3.63) is 112 Å². The molecule has 0 bridgehead atoms. The number of carbonyl (C=O) groups is 2. The van der Waals surface area contributed by atoms with E-state index in [2.05, 4.69) is 5.32 Å². The van der Waals surface area contributed by atoms with Gasteiger partial charge in [-0.3, -0.25) is 9.59 Å². The summed E-state index contributed by atoms with van der Waals surface area (Å²) in [5.41, 5.74) is 6.92. The smallest absolute Gasteiger partial charge is 0.192 e. The molecule has 6 rings (SSSR count). The molecule has 0 radical (unpaired) electrons. The summed E-state index contributed by atoms with van der Waals surface area (Å²) < 4.78 is 5.62. The molecule has 1 aliphatic heterocycles. The van der Waals surface area contributed by atoms with Gasteiger partial charge in [0, 0.05) is 46.2 Å². The van der Waals surface area contributed by atoms with Crippen molar-refractivity contribution in [3.8, 4) is 0 Å². The number of allylic oxidation sites excluding steroid dienone is 3. The van der Waals surface area contributed by atoms with Crippen LogP contribution in [0.2, 0.25) is 0 Å². The van der Waals surface area contributed by atoms with E-state index in [9.17, 15) is 9.59 Å². The fraction of sp³-hybridized carbons (Fsp3) is 0.185. The number of rotatable bonds is 2. The predicted octanol–water partition coefficient (Wildman–Crippen LogP) is 5.28. The number of dihydropyridines is 1. The van der Waals surface area contributed by atoms with Gasteiger partial charge in [0.25, 0.3) is 0 Å². The monoisotopic (exact) mass is 407 g/mol. The molecule has 0 saturated carbocycles. The zero-order valence-corrected chi connectivity index (χ0v) is 17.1. The fourth-order valence-electron chi connectivity index (χ4n) is 5.21. The average molecular weight is 407 g/mol. The van der Waals surface area contributed by atoms with Crippen molar-refractivity contribution < 1.29 is 14.0 Å². The standard InChI is InChI=1S/C27H21NO3/c1-15-8-10-16(11-9-15)23-24-20(13-17(14-21(24)29)22-7-4-12-31-22)28-26-18-5-2-3-6-19(18)27(30)25(23)26/h2-12,17,23,28H,13-14H2,1H3/t17-,23+/m0/s1. The van der Waals surface area contributed by atoms with Crippen molar-refractivity contribution >= 4 is 17.3 Å². The van der Waals surface area contributed by atoms with Gasteiger partial charge in [0.15, 0.2) is 11.6 Å². The van der Waals surface area contributed by atoms with E-state index in [4.69, 9.17) is 4.42 Å². The lowest BCUT2D eigenvalue weighted by Gasteiger charge is -2.35. The summed E-state index contributed by atoms with van der Waals surface area (Å²) >= 11 is 0. The van der Waals surface area contributed by atoms with Crippen molar-refractivity contribution in [2.24, 2.45) is 0 Å². The summed E-state index contributed by atoms with van der Waals surface area (Å²) in [5.74, 6) is 0.571. The number of aryl methyl sites for hydroxylation is 1. The van der Waals surface area contributed by atoms with Crippen molar-refractivity contribution in [1.82, 2.24) is 5.32 Å². The van der Waals surface area contributed by atoms with Crippen molar-refractivity contribution in [3.63, 3.8) is 0 Å². The normalized spacial score (nSPS) is 22.2. The summed E-state index contributed by atoms with van der Waals surface area (Å²) in [6, 6.07) is 19.7. The van der Waals surface area contributed by atoms with Crippen LogP contribution in [-0.4, -0.2) is 11.6 Å². The Bertz CT molecular complexity index is 1290. The first-order chi connectivity index (χ1) is 15.1. The van der Waals surface area contributed by atoms with E-state index >= 15 is 0 Å². The highest BCUT2D eigenvalue weighted by Gasteiger charge is 2.45. The van der Waals surface area contributed by atoms with Gasteiger partial charge < -0.3 is 9.73 Å². The molecule has 0 spiro atoms. The maximum absolute atomic E-state index is 13.5. The summed E-state index contributed by atoms with van der Waals surface area (Å²) in [5, 5.41) is 3.51. The molecule has 0 amide bonds. The lowest BCUT2D eigenvalue weighted by molar-refractivity contribution is -0.116. The molecule has 0 saturated heterocycles. The van der Waals surface area contributed by atoms with E-state index in [1.807, 2.05) is 67.6 Å². The number of carbonyl (C=O) groups excluding carboxylic acids is 2. The average Bonchev–Trinajstić information content (AvgIpc) is 3.41. The van der Waals surface area contributed by atoms with Crippen LogP contribution in [0.4, 0.5) is 0 Å². The molecule has 0 unspecified atom stereocenters. The molecule has 31 heavy (non-hydrogen) atoms. The van der Waals surface area contributed by atoms with Gasteiger partial charge in [-0.05, 0) is 31.0 Å². The number of hydrogen-bond donors (Lipinski definition) is 1. The number of nitrogens with one attached hydrogen (secondary N) is 1. The second kappa shape index (κ2) is 6.67. The minimum Gasteiger partial charge on any atom is -0.469 e. The molecule has 152 valence electrons. The third-order valence-electron chi connectivity index (χ3n) is 6.67. The van der Waals surface area contributed by atoms with E-state index in [1.165, 1.54) is 0 Å². The van der Waals surface area contributed by atoms with Crippen LogP contribution in [0, 0.1) is 6.92 Å². The molecule has 2 aromatic carbocycles. The Hall–Kier alpha value is -3.66. The largest absolute Gasteiger partial charge is 0.469 e. The Morgan fingerprint density at radius 3 is 2.39 bits per heavy atom. The van der Waals surface area contributed by atoms with Crippen LogP contribution in [0.1, 0.15) is 57.5 Å². The lowest BCUT2D eigenvalue weighted by atomic mass is 9.72. The molecule has 2 heterocycles. The Morgan fingerprint density at radius 1 is 0.871 bits per heavy atom. The van der Waals surface area contributed by atoms with Gasteiger partial charge in [-0.15, -0.1) is 0 Å². The van der Waals surface area contributed by atoms with Crippen LogP contribution in [0.5, 0.6) is 0 Å². The van der Waals surface area contributed by atoms with Gasteiger partial charge in [-0.25, -0.2) is 0 Å². The second-order valence-corrected chi connectivity index (χ2v) is 8.57. The molecule has 0 fully saturated rings. The van der Waals surface area contributed by atoms with E-state index < -0.39 is 0 Å². The number of fused-ring (bicyclic) bond motifs is 2. The molecular formula is C27H21NO3. The molecular weight excluding hydrogens is 386 g/mol. The van der Waals surface area contributed by atoms with E-state index in [0.717, 1.165) is 39.4 Å². The predicted molar refractivity (Wildman–Crippen MR) is 117 cm³/mol. The molecule has 3 aromatic rings. The van der Waals surface area contributed by atoms with E-state index in [1.54, 1.807) is 6.26 Å². The minimum absolute atomic E-state index is 0.00177. The molecule has 1 N–H and O–H groups in total. The number of benzene rings is 2. The molecule has 1 aromatic heterocycles. The highest BCUT2D eigenvalue weighted by Crippen LogP contribution is 2.50. The molecule has 2 aliphatic carbocycles. The van der Waals surface area contributed by atoms with Crippen LogP contribution in [-0.2, 0) is 4.79 Å². The molecule has 4 heteroatoms. The van der Waals surface area contributed by atoms with Crippen LogP contribution in [0.25, 0.3) is 5.70 Å².